The van der Waals surface area contributed by atoms with E-state index in [0.717, 1.165) is 28.9 Å². The number of amides is 1. The van der Waals surface area contributed by atoms with Crippen LogP contribution in [0.15, 0.2) is 23.1 Å². The molecular weight excluding hydrogens is 312 g/mol. The first kappa shape index (κ1) is 16.5. The van der Waals surface area contributed by atoms with Crippen LogP contribution in [0, 0.1) is 5.92 Å². The van der Waals surface area contributed by atoms with Crippen LogP contribution in [0.1, 0.15) is 12.8 Å². The van der Waals surface area contributed by atoms with Gasteiger partial charge >= 0.3 is 0 Å². The van der Waals surface area contributed by atoms with Crippen LogP contribution in [0.4, 0.5) is 0 Å². The van der Waals surface area contributed by atoms with Crippen LogP contribution in [0.5, 0.6) is 11.5 Å². The Morgan fingerprint density at radius 1 is 1.30 bits per heavy atom. The summed E-state index contributed by atoms with van der Waals surface area (Å²) in [6.45, 7) is 1.91. The summed E-state index contributed by atoms with van der Waals surface area (Å²) in [4.78, 5) is 15.3. The number of ether oxygens (including phenoxy) is 2. The SMILES string of the molecule is CN(C)[C@H](CNC(=O)CSc1ccc2c(c1)OCCO2)C1CC1. The Labute approximate surface area is 141 Å². The molecule has 1 amide bonds. The standard InChI is InChI=1S/C17H24N2O3S/c1-19(2)14(12-3-4-12)10-18-17(20)11-23-13-5-6-15-16(9-13)22-8-7-21-15/h5-6,9,12,14H,3-4,7-8,10-11H2,1-2H3,(H,18,20)/t14-/m1/s1. The Hall–Kier alpha value is -1.40. The largest absolute Gasteiger partial charge is 0.486 e. The summed E-state index contributed by atoms with van der Waals surface area (Å²) in [5.41, 5.74) is 0. The molecule has 1 aliphatic carbocycles. The molecule has 0 unspecified atom stereocenters. The highest BCUT2D eigenvalue weighted by Crippen LogP contribution is 2.35. The number of benzene rings is 1. The van der Waals surface area contributed by atoms with Gasteiger partial charge in [0.15, 0.2) is 11.5 Å². The zero-order valence-corrected chi connectivity index (χ0v) is 14.5. The Balaban J connectivity index is 1.45. The minimum absolute atomic E-state index is 0.0809. The summed E-state index contributed by atoms with van der Waals surface area (Å²) in [6, 6.07) is 6.28. The minimum Gasteiger partial charge on any atom is -0.486 e. The van der Waals surface area contributed by atoms with Crippen LogP contribution in [0.2, 0.25) is 0 Å². The topological polar surface area (TPSA) is 50.8 Å². The average Bonchev–Trinajstić information content (AvgIpc) is 3.37. The number of fused-ring (bicyclic) bond motifs is 1. The number of carbonyl (C=O) groups excluding carboxylic acids is 1. The van der Waals surface area contributed by atoms with Crippen molar-refractivity contribution in [2.75, 3.05) is 39.6 Å². The van der Waals surface area contributed by atoms with Gasteiger partial charge in [0.25, 0.3) is 0 Å². The van der Waals surface area contributed by atoms with Gasteiger partial charge in [-0.25, -0.2) is 0 Å². The molecule has 1 aromatic carbocycles. The first-order chi connectivity index (χ1) is 11.1. The molecule has 1 aromatic rings. The van der Waals surface area contributed by atoms with Crippen LogP contribution >= 0.6 is 11.8 Å². The quantitative estimate of drug-likeness (QED) is 0.772. The Kier molecular flexibility index (Phi) is 5.33. The predicted octanol–water partition coefficient (Wildman–Crippen LogP) is 2.01. The van der Waals surface area contributed by atoms with Crippen LogP contribution in [0.3, 0.4) is 0 Å². The third-order valence-corrected chi connectivity index (χ3v) is 5.22. The first-order valence-corrected chi connectivity index (χ1v) is 9.07. The highest BCUT2D eigenvalue weighted by Gasteiger charge is 2.32. The van der Waals surface area contributed by atoms with Crippen molar-refractivity contribution in [3.05, 3.63) is 18.2 Å². The highest BCUT2D eigenvalue weighted by molar-refractivity contribution is 8.00. The zero-order valence-electron chi connectivity index (χ0n) is 13.7. The van der Waals surface area contributed by atoms with Crippen LogP contribution in [0.25, 0.3) is 0 Å². The van der Waals surface area contributed by atoms with Gasteiger partial charge in [-0.1, -0.05) is 0 Å². The molecule has 1 atom stereocenters. The summed E-state index contributed by atoms with van der Waals surface area (Å²) in [5.74, 6) is 2.80. The number of rotatable bonds is 7. The van der Waals surface area contributed by atoms with E-state index in [1.165, 1.54) is 24.6 Å². The van der Waals surface area contributed by atoms with Crippen molar-refractivity contribution in [3.63, 3.8) is 0 Å². The molecular formula is C17H24N2O3S. The molecule has 1 N–H and O–H groups in total. The van der Waals surface area contributed by atoms with E-state index in [-0.39, 0.29) is 5.91 Å². The molecule has 3 rings (SSSR count). The minimum atomic E-state index is 0.0809. The number of hydrogen-bond donors (Lipinski definition) is 1. The van der Waals surface area contributed by atoms with E-state index in [0.29, 0.717) is 25.0 Å². The van der Waals surface area contributed by atoms with Gasteiger partial charge in [-0.3, -0.25) is 4.79 Å². The second kappa shape index (κ2) is 7.45. The molecule has 126 valence electrons. The van der Waals surface area contributed by atoms with E-state index in [4.69, 9.17) is 9.47 Å². The Morgan fingerprint density at radius 2 is 2.04 bits per heavy atom. The van der Waals surface area contributed by atoms with E-state index in [1.807, 2.05) is 18.2 Å². The lowest BCUT2D eigenvalue weighted by Crippen LogP contribution is -2.42. The van der Waals surface area contributed by atoms with Crippen LogP contribution in [-0.4, -0.2) is 56.5 Å². The maximum Gasteiger partial charge on any atom is 0.230 e. The molecule has 5 nitrogen and oxygen atoms in total. The third-order valence-electron chi connectivity index (χ3n) is 4.22. The smallest absolute Gasteiger partial charge is 0.230 e. The lowest BCUT2D eigenvalue weighted by atomic mass is 10.1. The number of nitrogens with zero attached hydrogens (tertiary/aromatic N) is 1. The van der Waals surface area contributed by atoms with E-state index in [9.17, 15) is 4.79 Å². The summed E-state index contributed by atoms with van der Waals surface area (Å²) in [7, 11) is 4.16. The molecule has 0 spiro atoms. The normalized spacial score (nSPS) is 17.9. The van der Waals surface area contributed by atoms with Crippen molar-refractivity contribution in [3.8, 4) is 11.5 Å². The fourth-order valence-corrected chi connectivity index (χ4v) is 3.54. The molecule has 1 heterocycles. The van der Waals surface area contributed by atoms with Gasteiger partial charge in [0.1, 0.15) is 13.2 Å². The number of hydrogen-bond acceptors (Lipinski definition) is 5. The van der Waals surface area contributed by atoms with Crippen molar-refractivity contribution in [1.29, 1.82) is 0 Å². The predicted molar refractivity (Wildman–Crippen MR) is 91.4 cm³/mol. The van der Waals surface area contributed by atoms with Gasteiger partial charge in [0, 0.05) is 17.5 Å². The molecule has 0 radical (unpaired) electrons. The summed E-state index contributed by atoms with van der Waals surface area (Å²) < 4.78 is 11.1. The summed E-state index contributed by atoms with van der Waals surface area (Å²) in [5, 5.41) is 3.06. The maximum atomic E-state index is 12.1. The van der Waals surface area contributed by atoms with E-state index in [2.05, 4.69) is 24.3 Å². The van der Waals surface area contributed by atoms with Gasteiger partial charge in [-0.05, 0) is 51.1 Å². The zero-order chi connectivity index (χ0) is 16.2. The molecule has 1 saturated carbocycles. The number of nitrogens with one attached hydrogen (secondary N) is 1. The molecule has 0 bridgehead atoms. The van der Waals surface area contributed by atoms with Gasteiger partial charge in [0.2, 0.25) is 5.91 Å². The molecule has 0 saturated heterocycles. The number of thioether (sulfide) groups is 1. The van der Waals surface area contributed by atoms with Crippen molar-refractivity contribution < 1.29 is 14.3 Å². The Bertz CT molecular complexity index is 559. The van der Waals surface area contributed by atoms with Crippen LogP contribution in [-0.2, 0) is 4.79 Å². The van der Waals surface area contributed by atoms with Gasteiger partial charge in [-0.15, -0.1) is 11.8 Å². The molecule has 2 aliphatic rings. The fourth-order valence-electron chi connectivity index (χ4n) is 2.78. The van der Waals surface area contributed by atoms with Gasteiger partial charge < -0.3 is 19.7 Å². The molecule has 1 fully saturated rings. The lowest BCUT2D eigenvalue weighted by Gasteiger charge is -2.24. The van der Waals surface area contributed by atoms with Crippen molar-refractivity contribution >= 4 is 17.7 Å². The monoisotopic (exact) mass is 336 g/mol. The highest BCUT2D eigenvalue weighted by atomic mass is 32.2. The summed E-state index contributed by atoms with van der Waals surface area (Å²) >= 11 is 1.52. The van der Waals surface area contributed by atoms with E-state index in [1.54, 1.807) is 0 Å². The maximum absolute atomic E-state index is 12.1. The third kappa shape index (κ3) is 4.54. The van der Waals surface area contributed by atoms with Crippen molar-refractivity contribution in [1.82, 2.24) is 10.2 Å². The Morgan fingerprint density at radius 3 is 2.74 bits per heavy atom. The molecule has 0 aromatic heterocycles. The second-order valence-electron chi connectivity index (χ2n) is 6.27. The summed E-state index contributed by atoms with van der Waals surface area (Å²) in [6.07, 6.45) is 2.56. The number of carbonyl (C=O) groups is 1. The van der Waals surface area contributed by atoms with Gasteiger partial charge in [-0.2, -0.15) is 0 Å². The molecule has 23 heavy (non-hydrogen) atoms. The van der Waals surface area contributed by atoms with E-state index < -0.39 is 0 Å². The second-order valence-corrected chi connectivity index (χ2v) is 7.32. The van der Waals surface area contributed by atoms with Crippen molar-refractivity contribution in [2.45, 2.75) is 23.8 Å². The molecule has 1 aliphatic heterocycles. The average molecular weight is 336 g/mol. The molecule has 6 heteroatoms. The number of likely N-dealkylation sites (N-methyl/N-ethyl adjacent to an activating group) is 1. The first-order valence-electron chi connectivity index (χ1n) is 8.09. The lowest BCUT2D eigenvalue weighted by molar-refractivity contribution is -0.118. The van der Waals surface area contributed by atoms with Crippen LogP contribution < -0.4 is 14.8 Å². The fraction of sp³-hybridized carbons (Fsp3) is 0.588. The van der Waals surface area contributed by atoms with E-state index >= 15 is 0 Å². The van der Waals surface area contributed by atoms with Gasteiger partial charge in [0.05, 0.1) is 5.75 Å². The van der Waals surface area contributed by atoms with Crippen molar-refractivity contribution in [2.24, 2.45) is 5.92 Å².